The summed E-state index contributed by atoms with van der Waals surface area (Å²) in [6, 6.07) is 0. The molecule has 1 aliphatic heterocycles. The SMILES string of the molecule is Br.C=CC[N+]1(C)CCN(S(=O)(=O)CC)CC1. The quantitative estimate of drug-likeness (QED) is 0.570. The van der Waals surface area contributed by atoms with E-state index in [1.54, 1.807) is 11.2 Å². The summed E-state index contributed by atoms with van der Waals surface area (Å²) in [6.45, 7) is 9.39. The predicted octanol–water partition coefficient (Wildman–Crippen LogP) is 0.862. The van der Waals surface area contributed by atoms with Gasteiger partial charge in [0.2, 0.25) is 10.0 Å². The van der Waals surface area contributed by atoms with Crippen molar-refractivity contribution in [2.24, 2.45) is 0 Å². The second kappa shape index (κ2) is 6.14. The van der Waals surface area contributed by atoms with Gasteiger partial charge in [-0.2, -0.15) is 4.31 Å². The first-order chi connectivity index (χ1) is 6.93. The zero-order valence-electron chi connectivity index (χ0n) is 10.1. The van der Waals surface area contributed by atoms with E-state index in [1.165, 1.54) is 0 Å². The number of hydrogen-bond donors (Lipinski definition) is 0. The second-order valence-corrected chi connectivity index (χ2v) is 6.60. The van der Waals surface area contributed by atoms with E-state index in [1.807, 2.05) is 6.08 Å². The topological polar surface area (TPSA) is 37.4 Å². The highest BCUT2D eigenvalue weighted by molar-refractivity contribution is 8.93. The minimum absolute atomic E-state index is 0. The number of hydrogen-bond acceptors (Lipinski definition) is 2. The molecule has 0 amide bonds. The summed E-state index contributed by atoms with van der Waals surface area (Å²) < 4.78 is 25.8. The van der Waals surface area contributed by atoms with Crippen LogP contribution in [0.5, 0.6) is 0 Å². The summed E-state index contributed by atoms with van der Waals surface area (Å²) in [6.07, 6.45) is 1.91. The highest BCUT2D eigenvalue weighted by atomic mass is 79.9. The molecule has 0 aliphatic carbocycles. The lowest BCUT2D eigenvalue weighted by molar-refractivity contribution is -0.907. The van der Waals surface area contributed by atoms with E-state index in [-0.39, 0.29) is 22.7 Å². The molecule has 1 rings (SSSR count). The van der Waals surface area contributed by atoms with Crippen LogP contribution in [0.2, 0.25) is 0 Å². The van der Waals surface area contributed by atoms with Crippen LogP contribution < -0.4 is 0 Å². The van der Waals surface area contributed by atoms with Crippen molar-refractivity contribution in [1.29, 1.82) is 0 Å². The van der Waals surface area contributed by atoms with Crippen LogP contribution in [0, 0.1) is 0 Å². The Morgan fingerprint density at radius 3 is 2.25 bits per heavy atom. The molecule has 0 N–H and O–H groups in total. The molecule has 1 fully saturated rings. The number of halogens is 1. The lowest BCUT2D eigenvalue weighted by Gasteiger charge is -2.40. The van der Waals surface area contributed by atoms with Crippen LogP contribution in [0.15, 0.2) is 12.7 Å². The molecule has 1 heterocycles. The molecular weight excluding hydrogens is 292 g/mol. The van der Waals surface area contributed by atoms with Gasteiger partial charge in [0, 0.05) is 0 Å². The Morgan fingerprint density at radius 1 is 1.38 bits per heavy atom. The number of rotatable bonds is 4. The monoisotopic (exact) mass is 313 g/mol. The minimum Gasteiger partial charge on any atom is -0.321 e. The average Bonchev–Trinajstić information content (AvgIpc) is 2.18. The smallest absolute Gasteiger partial charge is 0.214 e. The van der Waals surface area contributed by atoms with Crippen LogP contribution in [0.3, 0.4) is 0 Å². The van der Waals surface area contributed by atoms with Crippen LogP contribution in [-0.2, 0) is 10.0 Å². The fraction of sp³-hybridized carbons (Fsp3) is 0.800. The van der Waals surface area contributed by atoms with Crippen molar-refractivity contribution < 1.29 is 12.9 Å². The Balaban J connectivity index is 0.00000225. The van der Waals surface area contributed by atoms with Gasteiger partial charge in [0.25, 0.3) is 0 Å². The summed E-state index contributed by atoms with van der Waals surface area (Å²) in [5.74, 6) is 0.207. The number of piperazine rings is 1. The molecule has 0 aromatic carbocycles. The molecule has 0 aromatic heterocycles. The molecule has 4 nitrogen and oxygen atoms in total. The third-order valence-corrected chi connectivity index (χ3v) is 4.99. The number of sulfonamides is 1. The predicted molar refractivity (Wildman–Crippen MR) is 72.3 cm³/mol. The van der Waals surface area contributed by atoms with E-state index >= 15 is 0 Å². The van der Waals surface area contributed by atoms with Crippen LogP contribution in [0.25, 0.3) is 0 Å². The first-order valence-electron chi connectivity index (χ1n) is 5.36. The van der Waals surface area contributed by atoms with Gasteiger partial charge in [-0.05, 0) is 13.0 Å². The first kappa shape index (κ1) is 16.1. The Morgan fingerprint density at radius 2 is 1.88 bits per heavy atom. The van der Waals surface area contributed by atoms with Gasteiger partial charge in [-0.15, -0.1) is 17.0 Å². The largest absolute Gasteiger partial charge is 0.321 e. The van der Waals surface area contributed by atoms with Gasteiger partial charge in [-0.3, -0.25) is 0 Å². The summed E-state index contributed by atoms with van der Waals surface area (Å²) in [5, 5.41) is 0. The first-order valence-corrected chi connectivity index (χ1v) is 6.97. The lowest BCUT2D eigenvalue weighted by Crippen LogP contribution is -2.58. The molecule has 0 radical (unpaired) electrons. The van der Waals surface area contributed by atoms with Gasteiger partial charge < -0.3 is 4.48 Å². The summed E-state index contributed by atoms with van der Waals surface area (Å²) >= 11 is 0. The molecule has 0 unspecified atom stereocenters. The van der Waals surface area contributed by atoms with E-state index in [4.69, 9.17) is 0 Å². The van der Waals surface area contributed by atoms with Gasteiger partial charge in [0.1, 0.15) is 0 Å². The molecule has 96 valence electrons. The van der Waals surface area contributed by atoms with Crippen molar-refractivity contribution >= 4 is 27.0 Å². The second-order valence-electron chi connectivity index (χ2n) is 4.34. The molecule has 0 atom stereocenters. The average molecular weight is 314 g/mol. The molecule has 16 heavy (non-hydrogen) atoms. The van der Waals surface area contributed by atoms with E-state index in [0.717, 1.165) is 24.1 Å². The van der Waals surface area contributed by atoms with Crippen molar-refractivity contribution in [3.8, 4) is 0 Å². The molecule has 0 aromatic rings. The minimum atomic E-state index is -2.99. The Labute approximate surface area is 109 Å². The van der Waals surface area contributed by atoms with Crippen molar-refractivity contribution in [3.63, 3.8) is 0 Å². The van der Waals surface area contributed by atoms with Crippen molar-refractivity contribution in [2.75, 3.05) is 45.5 Å². The molecule has 0 bridgehead atoms. The molecule has 1 aliphatic rings. The fourth-order valence-corrected chi connectivity index (χ4v) is 2.97. The molecule has 1 saturated heterocycles. The van der Waals surface area contributed by atoms with Crippen LogP contribution >= 0.6 is 17.0 Å². The van der Waals surface area contributed by atoms with E-state index in [2.05, 4.69) is 13.6 Å². The van der Waals surface area contributed by atoms with Crippen LogP contribution in [0.1, 0.15) is 6.92 Å². The van der Waals surface area contributed by atoms with Crippen molar-refractivity contribution in [3.05, 3.63) is 12.7 Å². The van der Waals surface area contributed by atoms with E-state index in [0.29, 0.717) is 13.1 Å². The third kappa shape index (κ3) is 3.84. The van der Waals surface area contributed by atoms with Gasteiger partial charge in [0.05, 0.1) is 45.5 Å². The zero-order valence-corrected chi connectivity index (χ0v) is 12.6. The Kier molecular flexibility index (Phi) is 6.17. The maximum absolute atomic E-state index is 11.6. The molecule has 0 saturated carbocycles. The Bertz CT molecular complexity index is 322. The van der Waals surface area contributed by atoms with Crippen LogP contribution in [-0.4, -0.2) is 62.7 Å². The summed E-state index contributed by atoms with van der Waals surface area (Å²) in [5.41, 5.74) is 0. The summed E-state index contributed by atoms with van der Waals surface area (Å²) in [4.78, 5) is 0. The van der Waals surface area contributed by atoms with Crippen LogP contribution in [0.4, 0.5) is 0 Å². The number of quaternary nitrogens is 1. The van der Waals surface area contributed by atoms with Crippen molar-refractivity contribution in [2.45, 2.75) is 6.92 Å². The van der Waals surface area contributed by atoms with Gasteiger partial charge in [0.15, 0.2) is 0 Å². The fourth-order valence-electron chi connectivity index (χ4n) is 1.88. The highest BCUT2D eigenvalue weighted by Gasteiger charge is 2.32. The molecule has 6 heteroatoms. The van der Waals surface area contributed by atoms with E-state index < -0.39 is 10.0 Å². The molecule has 0 spiro atoms. The summed E-state index contributed by atoms with van der Waals surface area (Å²) in [7, 11) is -0.838. The van der Waals surface area contributed by atoms with Gasteiger partial charge >= 0.3 is 0 Å². The number of nitrogens with zero attached hydrogens (tertiary/aromatic N) is 2. The standard InChI is InChI=1S/C10H21N2O2S.BrH/c1-4-8-12(3)9-6-11(7-10-12)15(13,14)5-2;/h4H,1,5-10H2,2-3H3;1H/q+1;. The molecular formula is C10H22BrN2O2S+. The lowest BCUT2D eigenvalue weighted by atomic mass is 10.3. The van der Waals surface area contributed by atoms with Crippen molar-refractivity contribution in [1.82, 2.24) is 4.31 Å². The zero-order chi connectivity index (χ0) is 11.5. The maximum Gasteiger partial charge on any atom is 0.214 e. The van der Waals surface area contributed by atoms with E-state index in [9.17, 15) is 8.42 Å². The Hall–Kier alpha value is 0.0900. The van der Waals surface area contributed by atoms with Gasteiger partial charge in [-0.1, -0.05) is 6.58 Å². The maximum atomic E-state index is 11.6. The normalized spacial score (nSPS) is 21.1. The highest BCUT2D eigenvalue weighted by Crippen LogP contribution is 2.13. The van der Waals surface area contributed by atoms with Gasteiger partial charge in [-0.25, -0.2) is 8.42 Å². The number of likely N-dealkylation sites (N-methyl/N-ethyl adjacent to an activating group) is 1. The third-order valence-electron chi connectivity index (χ3n) is 3.11.